The Morgan fingerprint density at radius 3 is 2.63 bits per heavy atom. The van der Waals surface area contributed by atoms with E-state index in [2.05, 4.69) is 0 Å². The maximum absolute atomic E-state index is 13.3. The van der Waals surface area contributed by atoms with Crippen LogP contribution in [0.1, 0.15) is 35.3 Å². The van der Waals surface area contributed by atoms with Crippen LogP contribution in [0.25, 0.3) is 0 Å². The first-order chi connectivity index (χ1) is 9.13. The van der Waals surface area contributed by atoms with Gasteiger partial charge in [-0.1, -0.05) is 35.9 Å². The second-order valence-electron chi connectivity index (χ2n) is 5.04. The highest BCUT2D eigenvalue weighted by molar-refractivity contribution is 5.39. The maximum atomic E-state index is 13.3. The summed E-state index contributed by atoms with van der Waals surface area (Å²) in [6, 6.07) is 12.6. The molecular weight excluding hydrogens is 241 g/mol. The number of fused-ring (bicyclic) bond motifs is 1. The van der Waals surface area contributed by atoms with Crippen molar-refractivity contribution in [3.8, 4) is 5.75 Å². The number of halogens is 1. The molecule has 0 fully saturated rings. The van der Waals surface area contributed by atoms with Crippen molar-refractivity contribution in [1.29, 1.82) is 0 Å². The molecule has 3 heteroatoms. The highest BCUT2D eigenvalue weighted by Gasteiger charge is 2.27. The van der Waals surface area contributed by atoms with Crippen LogP contribution in [0.15, 0.2) is 42.5 Å². The smallest absolute Gasteiger partial charge is 0.127 e. The molecule has 1 unspecified atom stereocenters. The molecule has 1 aliphatic heterocycles. The summed E-state index contributed by atoms with van der Waals surface area (Å²) in [6.07, 6.45) is 0.603. The first kappa shape index (κ1) is 12.2. The van der Waals surface area contributed by atoms with Gasteiger partial charge < -0.3 is 10.5 Å². The summed E-state index contributed by atoms with van der Waals surface area (Å²) in [5, 5.41) is 0. The van der Waals surface area contributed by atoms with Crippen LogP contribution in [-0.2, 0) is 0 Å². The number of hydrogen-bond donors (Lipinski definition) is 1. The minimum Gasteiger partial charge on any atom is -0.485 e. The highest BCUT2D eigenvalue weighted by atomic mass is 19.1. The van der Waals surface area contributed by atoms with E-state index in [-0.39, 0.29) is 18.0 Å². The van der Waals surface area contributed by atoms with Gasteiger partial charge in [0.1, 0.15) is 17.7 Å². The lowest BCUT2D eigenvalue weighted by molar-refractivity contribution is 0.161. The van der Waals surface area contributed by atoms with Crippen LogP contribution >= 0.6 is 0 Å². The van der Waals surface area contributed by atoms with Gasteiger partial charge in [-0.05, 0) is 18.6 Å². The Kier molecular flexibility index (Phi) is 2.99. The molecule has 0 amide bonds. The second kappa shape index (κ2) is 4.67. The Morgan fingerprint density at radius 2 is 1.89 bits per heavy atom. The average Bonchev–Trinajstić information content (AvgIpc) is 2.38. The Morgan fingerprint density at radius 1 is 1.16 bits per heavy atom. The van der Waals surface area contributed by atoms with Crippen molar-refractivity contribution < 1.29 is 9.13 Å². The summed E-state index contributed by atoms with van der Waals surface area (Å²) in [5.74, 6) is 0.264. The van der Waals surface area contributed by atoms with Crippen molar-refractivity contribution in [2.45, 2.75) is 25.5 Å². The largest absolute Gasteiger partial charge is 0.485 e. The first-order valence-electron chi connectivity index (χ1n) is 6.42. The van der Waals surface area contributed by atoms with Gasteiger partial charge in [-0.2, -0.15) is 0 Å². The quantitative estimate of drug-likeness (QED) is 0.846. The molecule has 3 rings (SSSR count). The molecule has 0 saturated heterocycles. The zero-order chi connectivity index (χ0) is 13.4. The Hall–Kier alpha value is -1.87. The van der Waals surface area contributed by atoms with E-state index in [1.165, 1.54) is 17.7 Å². The number of rotatable bonds is 1. The SMILES string of the molecule is Cc1ccc(C2C[C@@H](N)c3ccc(F)cc3O2)cc1. The molecule has 2 atom stereocenters. The Labute approximate surface area is 112 Å². The summed E-state index contributed by atoms with van der Waals surface area (Å²) >= 11 is 0. The van der Waals surface area contributed by atoms with Crippen molar-refractivity contribution in [3.05, 3.63) is 65.0 Å². The van der Waals surface area contributed by atoms with E-state index in [0.717, 1.165) is 11.1 Å². The van der Waals surface area contributed by atoms with E-state index in [1.54, 1.807) is 6.07 Å². The van der Waals surface area contributed by atoms with Crippen LogP contribution in [0.3, 0.4) is 0 Å². The van der Waals surface area contributed by atoms with Gasteiger partial charge in [-0.3, -0.25) is 0 Å². The van der Waals surface area contributed by atoms with E-state index in [4.69, 9.17) is 10.5 Å². The van der Waals surface area contributed by atoms with Crippen molar-refractivity contribution in [3.63, 3.8) is 0 Å². The molecule has 1 heterocycles. The lowest BCUT2D eigenvalue weighted by atomic mass is 9.93. The molecule has 2 aromatic carbocycles. The molecule has 2 nitrogen and oxygen atoms in total. The van der Waals surface area contributed by atoms with Gasteiger partial charge in [0, 0.05) is 24.1 Å². The number of hydrogen-bond acceptors (Lipinski definition) is 2. The topological polar surface area (TPSA) is 35.2 Å². The molecule has 98 valence electrons. The van der Waals surface area contributed by atoms with E-state index < -0.39 is 0 Å². The third-order valence-electron chi connectivity index (χ3n) is 3.56. The van der Waals surface area contributed by atoms with E-state index in [0.29, 0.717) is 12.2 Å². The first-order valence-corrected chi connectivity index (χ1v) is 6.42. The van der Waals surface area contributed by atoms with Crippen molar-refractivity contribution in [2.75, 3.05) is 0 Å². The molecule has 0 radical (unpaired) electrons. The summed E-state index contributed by atoms with van der Waals surface area (Å²) < 4.78 is 19.2. The summed E-state index contributed by atoms with van der Waals surface area (Å²) in [5.41, 5.74) is 9.31. The molecule has 2 aromatic rings. The van der Waals surface area contributed by atoms with Crippen LogP contribution in [0.2, 0.25) is 0 Å². The molecule has 0 aliphatic carbocycles. The fourth-order valence-electron chi connectivity index (χ4n) is 2.46. The van der Waals surface area contributed by atoms with Gasteiger partial charge in [-0.25, -0.2) is 4.39 Å². The summed E-state index contributed by atoms with van der Waals surface area (Å²) in [7, 11) is 0. The third kappa shape index (κ3) is 2.34. The minimum absolute atomic E-state index is 0.107. The number of ether oxygens (including phenoxy) is 1. The monoisotopic (exact) mass is 257 g/mol. The molecule has 0 spiro atoms. The van der Waals surface area contributed by atoms with Gasteiger partial charge in [0.05, 0.1) is 0 Å². The van der Waals surface area contributed by atoms with Crippen molar-refractivity contribution in [1.82, 2.24) is 0 Å². The maximum Gasteiger partial charge on any atom is 0.127 e. The molecule has 19 heavy (non-hydrogen) atoms. The Balaban J connectivity index is 1.93. The number of nitrogens with two attached hydrogens (primary N) is 1. The van der Waals surface area contributed by atoms with Gasteiger partial charge >= 0.3 is 0 Å². The zero-order valence-electron chi connectivity index (χ0n) is 10.8. The van der Waals surface area contributed by atoms with Gasteiger partial charge in [0.2, 0.25) is 0 Å². The third-order valence-corrected chi connectivity index (χ3v) is 3.56. The van der Waals surface area contributed by atoms with Crippen LogP contribution in [0, 0.1) is 12.7 Å². The fraction of sp³-hybridized carbons (Fsp3) is 0.250. The average molecular weight is 257 g/mol. The van der Waals surface area contributed by atoms with Crippen molar-refractivity contribution in [2.24, 2.45) is 5.73 Å². The lowest BCUT2D eigenvalue weighted by Gasteiger charge is -2.30. The van der Waals surface area contributed by atoms with E-state index in [1.807, 2.05) is 31.2 Å². The minimum atomic E-state index is -0.296. The molecule has 0 aromatic heterocycles. The lowest BCUT2D eigenvalue weighted by Crippen LogP contribution is -2.24. The van der Waals surface area contributed by atoms with E-state index >= 15 is 0 Å². The number of aryl methyl sites for hydroxylation is 1. The van der Waals surface area contributed by atoms with E-state index in [9.17, 15) is 4.39 Å². The van der Waals surface area contributed by atoms with Crippen LogP contribution < -0.4 is 10.5 Å². The van der Waals surface area contributed by atoms with Crippen molar-refractivity contribution >= 4 is 0 Å². The fourth-order valence-corrected chi connectivity index (χ4v) is 2.46. The molecular formula is C16H16FNO. The zero-order valence-corrected chi connectivity index (χ0v) is 10.8. The van der Waals surface area contributed by atoms with Crippen LogP contribution in [0.5, 0.6) is 5.75 Å². The predicted molar refractivity (Wildman–Crippen MR) is 72.5 cm³/mol. The predicted octanol–water partition coefficient (Wildman–Crippen LogP) is 3.66. The van der Waals surface area contributed by atoms with Gasteiger partial charge in [0.15, 0.2) is 0 Å². The van der Waals surface area contributed by atoms with Crippen LogP contribution in [0.4, 0.5) is 4.39 Å². The second-order valence-corrected chi connectivity index (χ2v) is 5.04. The molecule has 2 N–H and O–H groups in total. The van der Waals surface area contributed by atoms with Gasteiger partial charge in [-0.15, -0.1) is 0 Å². The molecule has 0 saturated carbocycles. The summed E-state index contributed by atoms with van der Waals surface area (Å²) in [4.78, 5) is 0. The highest BCUT2D eigenvalue weighted by Crippen LogP contribution is 2.39. The molecule has 1 aliphatic rings. The standard InChI is InChI=1S/C16H16FNO/c1-10-2-4-11(5-3-10)15-9-14(18)13-7-6-12(17)8-16(13)19-15/h2-8,14-15H,9,18H2,1H3/t14-,15?/m1/s1. The normalized spacial score (nSPS) is 21.6. The van der Waals surface area contributed by atoms with Gasteiger partial charge in [0.25, 0.3) is 0 Å². The summed E-state index contributed by atoms with van der Waals surface area (Å²) in [6.45, 7) is 2.04. The number of benzene rings is 2. The molecule has 0 bridgehead atoms. The van der Waals surface area contributed by atoms with Crippen LogP contribution in [-0.4, -0.2) is 0 Å². The Bertz CT molecular complexity index is 594.